The number of hydrogen-bond acceptors (Lipinski definition) is 4. The van der Waals surface area contributed by atoms with E-state index in [4.69, 9.17) is 33.7 Å². The second-order valence-corrected chi connectivity index (χ2v) is 6.54. The minimum atomic E-state index is -3.78. The molecule has 0 spiro atoms. The van der Waals surface area contributed by atoms with Crippen LogP contribution in [0.5, 0.6) is 0 Å². The summed E-state index contributed by atoms with van der Waals surface area (Å²) < 4.78 is 31.6. The molecule has 0 fully saturated rings. The largest absolute Gasteiger partial charge is 0.385 e. The molecule has 0 amide bonds. The number of methoxy groups -OCH3 is 1. The highest BCUT2D eigenvalue weighted by Crippen LogP contribution is 2.30. The van der Waals surface area contributed by atoms with Crippen LogP contribution in [0, 0.1) is 11.8 Å². The smallest absolute Gasteiger partial charge is 0.243 e. The predicted molar refractivity (Wildman–Crippen MR) is 84.1 cm³/mol. The van der Waals surface area contributed by atoms with Gasteiger partial charge in [-0.3, -0.25) is 0 Å². The lowest BCUT2D eigenvalue weighted by Crippen LogP contribution is -2.26. The van der Waals surface area contributed by atoms with Gasteiger partial charge in [0.05, 0.1) is 16.6 Å². The summed E-state index contributed by atoms with van der Waals surface area (Å²) in [6.07, 6.45) is 0.547. The van der Waals surface area contributed by atoms with Crippen molar-refractivity contribution in [1.82, 2.24) is 4.72 Å². The van der Waals surface area contributed by atoms with Crippen LogP contribution in [0.15, 0.2) is 17.0 Å². The van der Waals surface area contributed by atoms with Crippen molar-refractivity contribution >= 4 is 33.2 Å². The second kappa shape index (κ2) is 8.59. The molecule has 21 heavy (non-hydrogen) atoms. The maximum atomic E-state index is 12.2. The molecule has 1 aromatic rings. The molecule has 0 aromatic heterocycles. The Kier molecular flexibility index (Phi) is 7.46. The van der Waals surface area contributed by atoms with E-state index in [0.29, 0.717) is 18.6 Å². The molecule has 0 aliphatic carbocycles. The Labute approximate surface area is 134 Å². The maximum Gasteiger partial charge on any atom is 0.243 e. The molecule has 116 valence electrons. The van der Waals surface area contributed by atoms with Gasteiger partial charge in [-0.15, -0.1) is 0 Å². The fourth-order valence-corrected chi connectivity index (χ4v) is 3.82. The lowest BCUT2D eigenvalue weighted by Gasteiger charge is -2.10. The zero-order valence-corrected chi connectivity index (χ0v) is 13.8. The first-order chi connectivity index (χ1) is 9.92. The molecule has 0 saturated heterocycles. The van der Waals surface area contributed by atoms with Crippen LogP contribution in [0.3, 0.4) is 0 Å². The quantitative estimate of drug-likeness (QED) is 0.603. The van der Waals surface area contributed by atoms with Crippen molar-refractivity contribution in [1.29, 1.82) is 0 Å². The lowest BCUT2D eigenvalue weighted by atomic mass is 10.2. The first-order valence-corrected chi connectivity index (χ1v) is 8.33. The number of ether oxygens (including phenoxy) is 1. The Balaban J connectivity index is 3.02. The molecule has 0 saturated carbocycles. The van der Waals surface area contributed by atoms with Crippen molar-refractivity contribution in [2.45, 2.75) is 11.3 Å². The van der Waals surface area contributed by atoms with Gasteiger partial charge >= 0.3 is 0 Å². The van der Waals surface area contributed by atoms with Crippen LogP contribution in [-0.2, 0) is 14.8 Å². The van der Waals surface area contributed by atoms with Crippen molar-refractivity contribution in [3.8, 4) is 11.8 Å². The number of rotatable bonds is 6. The Morgan fingerprint density at radius 3 is 2.48 bits per heavy atom. The SMILES string of the molecule is COCCCNS(=O)(=O)c1c(Cl)cc(C#CCN)cc1Cl. The number of benzene rings is 1. The van der Waals surface area contributed by atoms with E-state index >= 15 is 0 Å². The summed E-state index contributed by atoms with van der Waals surface area (Å²) in [4.78, 5) is -0.151. The van der Waals surface area contributed by atoms with E-state index in [2.05, 4.69) is 16.6 Å². The highest BCUT2D eigenvalue weighted by molar-refractivity contribution is 7.89. The van der Waals surface area contributed by atoms with Gasteiger partial charge in [-0.25, -0.2) is 13.1 Å². The first kappa shape index (κ1) is 18.2. The van der Waals surface area contributed by atoms with E-state index in [-0.39, 0.29) is 28.0 Å². The molecule has 0 heterocycles. The Morgan fingerprint density at radius 1 is 1.33 bits per heavy atom. The Hall–Kier alpha value is -0.810. The van der Waals surface area contributed by atoms with Crippen LogP contribution in [0.1, 0.15) is 12.0 Å². The van der Waals surface area contributed by atoms with Crippen LogP contribution >= 0.6 is 23.2 Å². The van der Waals surface area contributed by atoms with Gasteiger partial charge in [-0.05, 0) is 18.6 Å². The van der Waals surface area contributed by atoms with Crippen molar-refractivity contribution in [2.75, 3.05) is 26.8 Å². The molecule has 0 atom stereocenters. The van der Waals surface area contributed by atoms with E-state index < -0.39 is 10.0 Å². The van der Waals surface area contributed by atoms with Crippen molar-refractivity contribution in [2.24, 2.45) is 5.73 Å². The zero-order valence-electron chi connectivity index (χ0n) is 11.4. The summed E-state index contributed by atoms with van der Waals surface area (Å²) in [6, 6.07) is 2.89. The summed E-state index contributed by atoms with van der Waals surface area (Å²) in [7, 11) is -2.24. The normalized spacial score (nSPS) is 11.0. The molecule has 0 aliphatic heterocycles. The summed E-state index contributed by atoms with van der Waals surface area (Å²) in [6.45, 7) is 0.880. The van der Waals surface area contributed by atoms with Gasteiger partial charge in [0, 0.05) is 25.8 Å². The van der Waals surface area contributed by atoms with E-state index in [0.717, 1.165) is 0 Å². The standard InChI is InChI=1S/C13H16Cl2N2O3S/c1-20-7-3-6-17-21(18,19)13-11(14)8-10(4-2-5-16)9-12(13)15/h8-9,17H,3,5-7,16H2,1H3. The van der Waals surface area contributed by atoms with Crippen LogP contribution in [0.25, 0.3) is 0 Å². The van der Waals surface area contributed by atoms with Gasteiger partial charge in [0.2, 0.25) is 10.0 Å². The van der Waals surface area contributed by atoms with E-state index in [1.54, 1.807) is 7.11 Å². The highest BCUT2D eigenvalue weighted by Gasteiger charge is 2.21. The number of nitrogens with two attached hydrogens (primary N) is 1. The summed E-state index contributed by atoms with van der Waals surface area (Å²) in [5.41, 5.74) is 5.78. The van der Waals surface area contributed by atoms with Gasteiger partial charge in [0.1, 0.15) is 4.90 Å². The van der Waals surface area contributed by atoms with E-state index in [9.17, 15) is 8.42 Å². The number of hydrogen-bond donors (Lipinski definition) is 2. The third-order valence-electron chi connectivity index (χ3n) is 2.42. The summed E-state index contributed by atoms with van der Waals surface area (Å²) in [5, 5.41) is 0.0334. The average molecular weight is 351 g/mol. The topological polar surface area (TPSA) is 81.4 Å². The Bertz CT molecular complexity index is 628. The third-order valence-corrected chi connectivity index (χ3v) is 4.80. The molecule has 0 bridgehead atoms. The maximum absolute atomic E-state index is 12.2. The first-order valence-electron chi connectivity index (χ1n) is 6.09. The molecule has 1 rings (SSSR count). The fourth-order valence-electron chi connectivity index (χ4n) is 1.54. The molecule has 1 aromatic carbocycles. The third kappa shape index (κ3) is 5.47. The van der Waals surface area contributed by atoms with Crippen molar-refractivity contribution < 1.29 is 13.2 Å². The Morgan fingerprint density at radius 2 is 1.95 bits per heavy atom. The van der Waals surface area contributed by atoms with Crippen LogP contribution < -0.4 is 10.5 Å². The minimum absolute atomic E-state index is 0.0167. The van der Waals surface area contributed by atoms with Gasteiger partial charge in [0.25, 0.3) is 0 Å². The highest BCUT2D eigenvalue weighted by atomic mass is 35.5. The van der Waals surface area contributed by atoms with Crippen molar-refractivity contribution in [3.05, 3.63) is 27.7 Å². The molecular formula is C13H16Cl2N2O3S. The lowest BCUT2D eigenvalue weighted by molar-refractivity contribution is 0.196. The average Bonchev–Trinajstić information content (AvgIpc) is 2.40. The molecule has 0 unspecified atom stereocenters. The summed E-state index contributed by atoms with van der Waals surface area (Å²) >= 11 is 12.0. The molecular weight excluding hydrogens is 335 g/mol. The predicted octanol–water partition coefficient (Wildman–Crippen LogP) is 1.62. The monoisotopic (exact) mass is 350 g/mol. The van der Waals surface area contributed by atoms with Gasteiger partial charge in [-0.2, -0.15) is 0 Å². The van der Waals surface area contributed by atoms with E-state index in [1.165, 1.54) is 12.1 Å². The zero-order chi connectivity index (χ0) is 15.9. The van der Waals surface area contributed by atoms with E-state index in [1.807, 2.05) is 0 Å². The molecule has 5 nitrogen and oxygen atoms in total. The number of nitrogens with one attached hydrogen (secondary N) is 1. The van der Waals surface area contributed by atoms with Gasteiger partial charge < -0.3 is 10.5 Å². The molecule has 0 aliphatic rings. The molecule has 8 heteroatoms. The fraction of sp³-hybridized carbons (Fsp3) is 0.385. The van der Waals surface area contributed by atoms with Crippen LogP contribution in [-0.4, -0.2) is 35.2 Å². The minimum Gasteiger partial charge on any atom is -0.385 e. The molecule has 3 N–H and O–H groups in total. The summed E-state index contributed by atoms with van der Waals surface area (Å²) in [5.74, 6) is 5.40. The molecule has 0 radical (unpaired) electrons. The number of halogens is 2. The van der Waals surface area contributed by atoms with Gasteiger partial charge in [-0.1, -0.05) is 35.0 Å². The number of sulfonamides is 1. The second-order valence-electron chi connectivity index (χ2n) is 4.02. The van der Waals surface area contributed by atoms with Crippen LogP contribution in [0.2, 0.25) is 10.0 Å². The van der Waals surface area contributed by atoms with Crippen molar-refractivity contribution in [3.63, 3.8) is 0 Å². The van der Waals surface area contributed by atoms with Gasteiger partial charge in [0.15, 0.2) is 0 Å². The van der Waals surface area contributed by atoms with Crippen LogP contribution in [0.4, 0.5) is 0 Å².